The monoisotopic (exact) mass is 122 g/mol. The van der Waals surface area contributed by atoms with Crippen molar-refractivity contribution in [3.8, 4) is 0 Å². The Morgan fingerprint density at radius 2 is 2.00 bits per heavy atom. The van der Waals surface area contributed by atoms with Gasteiger partial charge in [-0.15, -0.1) is 0 Å². The SMILES string of the molecule is CO[C@H](O)C(O)CO. The molecule has 0 saturated carbocycles. The average Bonchev–Trinajstić information content (AvgIpc) is 1.84. The van der Waals surface area contributed by atoms with Crippen LogP contribution in [-0.2, 0) is 4.74 Å². The van der Waals surface area contributed by atoms with Crippen molar-refractivity contribution < 1.29 is 20.1 Å². The maximum atomic E-state index is 8.50. The van der Waals surface area contributed by atoms with Crippen molar-refractivity contribution in [3.63, 3.8) is 0 Å². The second-order valence-corrected chi connectivity index (χ2v) is 1.38. The first-order chi connectivity index (χ1) is 3.72. The summed E-state index contributed by atoms with van der Waals surface area (Å²) in [6, 6.07) is 0. The summed E-state index contributed by atoms with van der Waals surface area (Å²) in [5.41, 5.74) is 0. The van der Waals surface area contributed by atoms with E-state index >= 15 is 0 Å². The molecule has 0 aliphatic heterocycles. The van der Waals surface area contributed by atoms with Crippen LogP contribution in [0, 0.1) is 0 Å². The van der Waals surface area contributed by atoms with Crippen molar-refractivity contribution in [2.75, 3.05) is 13.7 Å². The number of rotatable bonds is 3. The minimum Gasteiger partial charge on any atom is -0.393 e. The molecule has 0 radical (unpaired) electrons. The van der Waals surface area contributed by atoms with E-state index in [-0.39, 0.29) is 0 Å². The van der Waals surface area contributed by atoms with Crippen molar-refractivity contribution >= 4 is 0 Å². The molecule has 4 heteroatoms. The summed E-state index contributed by atoms with van der Waals surface area (Å²) in [4.78, 5) is 0. The topological polar surface area (TPSA) is 69.9 Å². The number of methoxy groups -OCH3 is 1. The van der Waals surface area contributed by atoms with Gasteiger partial charge < -0.3 is 20.1 Å². The van der Waals surface area contributed by atoms with E-state index in [9.17, 15) is 0 Å². The van der Waals surface area contributed by atoms with Gasteiger partial charge in [0.1, 0.15) is 6.10 Å². The van der Waals surface area contributed by atoms with E-state index in [1.165, 1.54) is 7.11 Å². The summed E-state index contributed by atoms with van der Waals surface area (Å²) in [5.74, 6) is 0. The first-order valence-electron chi connectivity index (χ1n) is 2.22. The largest absolute Gasteiger partial charge is 0.393 e. The molecule has 3 N–H and O–H groups in total. The molecule has 2 atom stereocenters. The lowest BCUT2D eigenvalue weighted by atomic mass is 10.4. The lowest BCUT2D eigenvalue weighted by Crippen LogP contribution is -2.30. The van der Waals surface area contributed by atoms with Crippen LogP contribution in [0.4, 0.5) is 0 Å². The average molecular weight is 122 g/mol. The minimum absolute atomic E-state index is 0.491. The zero-order valence-electron chi connectivity index (χ0n) is 4.61. The highest BCUT2D eigenvalue weighted by Gasteiger charge is 2.12. The van der Waals surface area contributed by atoms with Crippen molar-refractivity contribution in [1.29, 1.82) is 0 Å². The Morgan fingerprint density at radius 1 is 1.50 bits per heavy atom. The van der Waals surface area contributed by atoms with Crippen LogP contribution in [0.25, 0.3) is 0 Å². The molecule has 0 saturated heterocycles. The molecule has 0 aromatic carbocycles. The van der Waals surface area contributed by atoms with Crippen LogP contribution in [0.5, 0.6) is 0 Å². The summed E-state index contributed by atoms with van der Waals surface area (Å²) in [7, 11) is 1.24. The first-order valence-corrected chi connectivity index (χ1v) is 2.22. The quantitative estimate of drug-likeness (QED) is 0.390. The highest BCUT2D eigenvalue weighted by molar-refractivity contribution is 4.52. The van der Waals surface area contributed by atoms with Gasteiger partial charge in [-0.25, -0.2) is 0 Å². The molecule has 50 valence electrons. The van der Waals surface area contributed by atoms with Gasteiger partial charge in [0.15, 0.2) is 6.29 Å². The van der Waals surface area contributed by atoms with Crippen molar-refractivity contribution in [1.82, 2.24) is 0 Å². The van der Waals surface area contributed by atoms with Gasteiger partial charge >= 0.3 is 0 Å². The van der Waals surface area contributed by atoms with Gasteiger partial charge in [-0.05, 0) is 0 Å². The zero-order valence-corrected chi connectivity index (χ0v) is 4.61. The molecule has 0 bridgehead atoms. The minimum atomic E-state index is -1.28. The molecule has 0 aliphatic carbocycles. The third-order valence-electron chi connectivity index (χ3n) is 0.758. The molecule has 1 unspecified atom stereocenters. The van der Waals surface area contributed by atoms with E-state index < -0.39 is 19.0 Å². The van der Waals surface area contributed by atoms with Gasteiger partial charge in [0.25, 0.3) is 0 Å². The third kappa shape index (κ3) is 2.23. The van der Waals surface area contributed by atoms with E-state index in [1.54, 1.807) is 0 Å². The predicted octanol–water partition coefficient (Wildman–Crippen LogP) is -1.70. The molecule has 0 fully saturated rings. The number of ether oxygens (including phenoxy) is 1. The Hall–Kier alpha value is -0.160. The van der Waals surface area contributed by atoms with Gasteiger partial charge in [-0.3, -0.25) is 0 Å². The summed E-state index contributed by atoms with van der Waals surface area (Å²) in [6.45, 7) is -0.491. The third-order valence-corrected chi connectivity index (χ3v) is 0.758. The smallest absolute Gasteiger partial charge is 0.182 e. The van der Waals surface area contributed by atoms with Gasteiger partial charge in [-0.1, -0.05) is 0 Å². The Morgan fingerprint density at radius 3 is 2.12 bits per heavy atom. The van der Waals surface area contributed by atoms with Gasteiger partial charge in [-0.2, -0.15) is 0 Å². The van der Waals surface area contributed by atoms with Crippen molar-refractivity contribution in [2.24, 2.45) is 0 Å². The zero-order chi connectivity index (χ0) is 6.57. The van der Waals surface area contributed by atoms with Crippen LogP contribution >= 0.6 is 0 Å². The van der Waals surface area contributed by atoms with Crippen molar-refractivity contribution in [2.45, 2.75) is 12.4 Å². The molecule has 0 spiro atoms. The van der Waals surface area contributed by atoms with Crippen LogP contribution in [0.2, 0.25) is 0 Å². The van der Waals surface area contributed by atoms with Crippen LogP contribution in [-0.4, -0.2) is 41.4 Å². The van der Waals surface area contributed by atoms with E-state index in [4.69, 9.17) is 15.3 Å². The molecule has 0 aromatic heterocycles. The maximum absolute atomic E-state index is 8.50. The van der Waals surface area contributed by atoms with E-state index in [0.29, 0.717) is 0 Å². The predicted molar refractivity (Wildman–Crippen MR) is 26.1 cm³/mol. The van der Waals surface area contributed by atoms with Crippen molar-refractivity contribution in [3.05, 3.63) is 0 Å². The number of hydrogen-bond acceptors (Lipinski definition) is 4. The standard InChI is InChI=1S/C4H10O4/c1-8-4(7)3(6)2-5/h3-7H,2H2,1H3/t3?,4-/m0/s1. The molecule has 8 heavy (non-hydrogen) atoms. The molecule has 0 aliphatic rings. The fourth-order valence-corrected chi connectivity index (χ4v) is 0.247. The molecule has 0 heterocycles. The van der Waals surface area contributed by atoms with Crippen LogP contribution in [0.1, 0.15) is 0 Å². The molecule has 0 amide bonds. The maximum Gasteiger partial charge on any atom is 0.182 e. The fraction of sp³-hybridized carbons (Fsp3) is 1.00. The van der Waals surface area contributed by atoms with E-state index in [0.717, 1.165) is 0 Å². The summed E-state index contributed by atoms with van der Waals surface area (Å²) in [5, 5.41) is 25.1. The van der Waals surface area contributed by atoms with E-state index in [1.807, 2.05) is 0 Å². The lowest BCUT2D eigenvalue weighted by molar-refractivity contribution is -0.154. The lowest BCUT2D eigenvalue weighted by Gasteiger charge is -2.12. The van der Waals surface area contributed by atoms with Crippen LogP contribution in [0.3, 0.4) is 0 Å². The highest BCUT2D eigenvalue weighted by Crippen LogP contribution is 1.90. The molecular weight excluding hydrogens is 112 g/mol. The Labute approximate surface area is 47.3 Å². The summed E-state index contributed by atoms with van der Waals surface area (Å²) < 4.78 is 4.25. The van der Waals surface area contributed by atoms with Crippen LogP contribution < -0.4 is 0 Å². The number of hydrogen-bond donors (Lipinski definition) is 3. The second-order valence-electron chi connectivity index (χ2n) is 1.38. The molecule has 4 nitrogen and oxygen atoms in total. The Bertz CT molecular complexity index is 48.0. The Kier molecular flexibility index (Phi) is 3.72. The Balaban J connectivity index is 3.29. The molecule has 0 rings (SSSR count). The highest BCUT2D eigenvalue weighted by atomic mass is 16.6. The summed E-state index contributed by atoms with van der Waals surface area (Å²) >= 11 is 0. The fourth-order valence-electron chi connectivity index (χ4n) is 0.247. The van der Waals surface area contributed by atoms with Gasteiger partial charge in [0.2, 0.25) is 0 Å². The number of aliphatic hydroxyl groups excluding tert-OH is 3. The second kappa shape index (κ2) is 3.80. The number of aliphatic hydroxyl groups is 3. The van der Waals surface area contributed by atoms with Gasteiger partial charge in [0, 0.05) is 7.11 Å². The van der Waals surface area contributed by atoms with Gasteiger partial charge in [0.05, 0.1) is 6.61 Å². The van der Waals surface area contributed by atoms with Crippen LogP contribution in [0.15, 0.2) is 0 Å². The molecular formula is C4H10O4. The molecule has 0 aromatic rings. The normalized spacial score (nSPS) is 18.0. The first kappa shape index (κ1) is 7.84. The summed E-state index contributed by atoms with van der Waals surface area (Å²) in [6.07, 6.45) is -2.47. The van der Waals surface area contributed by atoms with E-state index in [2.05, 4.69) is 4.74 Å².